The molecule has 0 unspecified atom stereocenters. The summed E-state index contributed by atoms with van der Waals surface area (Å²) in [6.07, 6.45) is 0.775. The van der Waals surface area contributed by atoms with Crippen molar-refractivity contribution >= 4 is 35.1 Å². The molecule has 2 aromatic heterocycles. The highest BCUT2D eigenvalue weighted by atomic mass is 35.5. The number of aromatic nitrogens is 4. The molecular formula is C26H31ClN8O2. The van der Waals surface area contributed by atoms with Crippen LogP contribution in [-0.2, 0) is 11.2 Å². The molecule has 194 valence electrons. The molecule has 1 saturated heterocycles. The van der Waals surface area contributed by atoms with Crippen LogP contribution in [0.15, 0.2) is 30.3 Å². The highest BCUT2D eigenvalue weighted by molar-refractivity contribution is 6.29. The number of halogens is 1. The van der Waals surface area contributed by atoms with E-state index in [0.717, 1.165) is 54.4 Å². The number of morpholine rings is 1. The van der Waals surface area contributed by atoms with Gasteiger partial charge in [-0.25, -0.2) is 24.7 Å². The third kappa shape index (κ3) is 5.45. The first-order chi connectivity index (χ1) is 17.9. The number of nitrogens with one attached hydrogen (secondary N) is 2. The summed E-state index contributed by atoms with van der Waals surface area (Å²) in [6, 6.07) is 9.04. The quantitative estimate of drug-likeness (QED) is 0.484. The third-order valence-electron chi connectivity index (χ3n) is 6.60. The fourth-order valence-corrected chi connectivity index (χ4v) is 5.00. The first-order valence-corrected chi connectivity index (χ1v) is 13.0. The molecule has 37 heavy (non-hydrogen) atoms. The lowest BCUT2D eigenvalue weighted by atomic mass is 9.98. The van der Waals surface area contributed by atoms with Crippen LogP contribution in [0.2, 0.25) is 5.15 Å². The third-order valence-corrected chi connectivity index (χ3v) is 6.79. The molecule has 4 heterocycles. The Kier molecular flexibility index (Phi) is 7.38. The van der Waals surface area contributed by atoms with Gasteiger partial charge in [0, 0.05) is 48.7 Å². The lowest BCUT2D eigenvalue weighted by molar-refractivity contribution is 0.122. The van der Waals surface area contributed by atoms with Gasteiger partial charge < -0.3 is 25.2 Å². The number of amides is 2. The van der Waals surface area contributed by atoms with Crippen molar-refractivity contribution in [2.45, 2.75) is 33.2 Å². The second-order valence-electron chi connectivity index (χ2n) is 9.15. The Hall–Kier alpha value is -3.50. The van der Waals surface area contributed by atoms with Gasteiger partial charge in [-0.05, 0) is 57.5 Å². The Balaban J connectivity index is 1.52. The average Bonchev–Trinajstić information content (AvgIpc) is 2.89. The Morgan fingerprint density at radius 3 is 2.57 bits per heavy atom. The Labute approximate surface area is 221 Å². The maximum atomic E-state index is 11.9. The summed E-state index contributed by atoms with van der Waals surface area (Å²) < 4.78 is 5.60. The molecule has 0 saturated carbocycles. The van der Waals surface area contributed by atoms with Crippen LogP contribution >= 0.6 is 11.6 Å². The topological polar surface area (TPSA) is 108 Å². The number of nitrogens with zero attached hydrogens (tertiary/aromatic N) is 6. The SMILES string of the molecule is CCNC(=O)Nc1ccc(-c2nc3c(c(N4CCOCC4)n2)CCN(c2nc(C)cc(Cl)n2)[C@@H]3C)cc1. The number of urea groups is 1. The van der Waals surface area contributed by atoms with Crippen molar-refractivity contribution in [3.63, 3.8) is 0 Å². The number of hydrogen-bond acceptors (Lipinski definition) is 8. The van der Waals surface area contributed by atoms with E-state index in [1.807, 2.05) is 38.1 Å². The van der Waals surface area contributed by atoms with Gasteiger partial charge in [0.25, 0.3) is 0 Å². The van der Waals surface area contributed by atoms with E-state index in [0.29, 0.717) is 42.4 Å². The summed E-state index contributed by atoms with van der Waals surface area (Å²) in [7, 11) is 0. The van der Waals surface area contributed by atoms with Crippen molar-refractivity contribution in [2.75, 3.05) is 54.5 Å². The second kappa shape index (κ2) is 10.9. The molecular weight excluding hydrogens is 492 g/mol. The summed E-state index contributed by atoms with van der Waals surface area (Å²) in [5.74, 6) is 2.21. The van der Waals surface area contributed by atoms with Crippen molar-refractivity contribution in [1.82, 2.24) is 25.3 Å². The highest BCUT2D eigenvalue weighted by Crippen LogP contribution is 2.37. The van der Waals surface area contributed by atoms with Crippen LogP contribution in [0.5, 0.6) is 0 Å². The number of hydrogen-bond donors (Lipinski definition) is 2. The number of rotatable bonds is 5. The molecule has 2 N–H and O–H groups in total. The molecule has 0 radical (unpaired) electrons. The van der Waals surface area contributed by atoms with Crippen LogP contribution in [0.1, 0.15) is 36.8 Å². The molecule has 5 rings (SSSR count). The predicted octanol–water partition coefficient (Wildman–Crippen LogP) is 4.00. The smallest absolute Gasteiger partial charge is 0.319 e. The fourth-order valence-electron chi connectivity index (χ4n) is 4.77. The largest absolute Gasteiger partial charge is 0.378 e. The zero-order chi connectivity index (χ0) is 25.9. The van der Waals surface area contributed by atoms with E-state index in [1.165, 1.54) is 0 Å². The number of carbonyl (C=O) groups is 1. The molecule has 2 aliphatic rings. The van der Waals surface area contributed by atoms with Crippen LogP contribution in [0.25, 0.3) is 11.4 Å². The molecule has 0 aliphatic carbocycles. The predicted molar refractivity (Wildman–Crippen MR) is 144 cm³/mol. The van der Waals surface area contributed by atoms with Gasteiger partial charge in [0.15, 0.2) is 5.82 Å². The minimum absolute atomic E-state index is 0.0677. The van der Waals surface area contributed by atoms with Gasteiger partial charge in [-0.2, -0.15) is 0 Å². The highest BCUT2D eigenvalue weighted by Gasteiger charge is 2.32. The fraction of sp³-hybridized carbons (Fsp3) is 0.423. The molecule has 2 amide bonds. The zero-order valence-electron chi connectivity index (χ0n) is 21.3. The van der Waals surface area contributed by atoms with Gasteiger partial charge in [0.2, 0.25) is 5.95 Å². The van der Waals surface area contributed by atoms with E-state index < -0.39 is 0 Å². The van der Waals surface area contributed by atoms with Crippen molar-refractivity contribution in [1.29, 1.82) is 0 Å². The van der Waals surface area contributed by atoms with Gasteiger partial charge in [-0.3, -0.25) is 0 Å². The van der Waals surface area contributed by atoms with Crippen LogP contribution in [0.3, 0.4) is 0 Å². The number of benzene rings is 1. The lowest BCUT2D eigenvalue weighted by Gasteiger charge is -2.37. The first-order valence-electron chi connectivity index (χ1n) is 12.6. The van der Waals surface area contributed by atoms with Gasteiger partial charge in [-0.1, -0.05) is 11.6 Å². The van der Waals surface area contributed by atoms with Crippen molar-refractivity contribution in [2.24, 2.45) is 0 Å². The van der Waals surface area contributed by atoms with Gasteiger partial charge in [0.1, 0.15) is 11.0 Å². The van der Waals surface area contributed by atoms with E-state index in [-0.39, 0.29) is 12.1 Å². The summed E-state index contributed by atoms with van der Waals surface area (Å²) in [6.45, 7) is 10.1. The standard InChI is InChI=1S/C26H31ClN8O2/c1-4-28-26(36)30-19-7-5-18(6-8-19)23-32-22-17(3)35(25-29-16(2)15-21(27)31-25)10-9-20(22)24(33-23)34-11-13-37-14-12-34/h5-8,15,17H,4,9-14H2,1-3H3,(H2,28,30,36)/t17-/m1/s1. The van der Waals surface area contributed by atoms with Crippen molar-refractivity contribution < 1.29 is 9.53 Å². The number of fused-ring (bicyclic) bond motifs is 1. The second-order valence-corrected chi connectivity index (χ2v) is 9.53. The summed E-state index contributed by atoms with van der Waals surface area (Å²) in [5, 5.41) is 5.99. The molecule has 1 fully saturated rings. The molecule has 0 bridgehead atoms. The normalized spacial score (nSPS) is 17.4. The van der Waals surface area contributed by atoms with E-state index in [2.05, 4.69) is 37.3 Å². The van der Waals surface area contributed by atoms with E-state index in [1.54, 1.807) is 6.07 Å². The Bertz CT molecular complexity index is 1260. The van der Waals surface area contributed by atoms with Crippen molar-refractivity contribution in [3.05, 3.63) is 52.4 Å². The summed E-state index contributed by atoms with van der Waals surface area (Å²) >= 11 is 6.26. The minimum Gasteiger partial charge on any atom is -0.378 e. The van der Waals surface area contributed by atoms with Crippen LogP contribution < -0.4 is 20.4 Å². The van der Waals surface area contributed by atoms with Gasteiger partial charge >= 0.3 is 6.03 Å². The number of carbonyl (C=O) groups excluding carboxylic acids is 1. The Morgan fingerprint density at radius 2 is 1.86 bits per heavy atom. The molecule has 1 aromatic carbocycles. The van der Waals surface area contributed by atoms with Crippen molar-refractivity contribution in [3.8, 4) is 11.4 Å². The van der Waals surface area contributed by atoms with E-state index in [9.17, 15) is 4.79 Å². The Morgan fingerprint density at radius 1 is 1.11 bits per heavy atom. The number of aryl methyl sites for hydroxylation is 1. The molecule has 1 atom stereocenters. The van der Waals surface area contributed by atoms with Gasteiger partial charge in [0.05, 0.1) is 24.9 Å². The maximum Gasteiger partial charge on any atom is 0.319 e. The van der Waals surface area contributed by atoms with E-state index >= 15 is 0 Å². The summed E-state index contributed by atoms with van der Waals surface area (Å²) in [5.41, 5.74) is 4.52. The zero-order valence-corrected chi connectivity index (χ0v) is 22.0. The molecule has 3 aromatic rings. The van der Waals surface area contributed by atoms with Crippen LogP contribution in [-0.4, -0.2) is 65.4 Å². The average molecular weight is 523 g/mol. The number of anilines is 3. The van der Waals surface area contributed by atoms with Crippen LogP contribution in [0, 0.1) is 6.92 Å². The molecule has 11 heteroatoms. The van der Waals surface area contributed by atoms with Gasteiger partial charge in [-0.15, -0.1) is 0 Å². The first kappa shape index (κ1) is 25.2. The summed E-state index contributed by atoms with van der Waals surface area (Å²) in [4.78, 5) is 35.6. The maximum absolute atomic E-state index is 11.9. The van der Waals surface area contributed by atoms with Crippen LogP contribution in [0.4, 0.5) is 22.2 Å². The number of ether oxygens (including phenoxy) is 1. The van der Waals surface area contributed by atoms with E-state index in [4.69, 9.17) is 26.3 Å². The molecule has 0 spiro atoms. The molecule has 2 aliphatic heterocycles. The molecule has 10 nitrogen and oxygen atoms in total. The minimum atomic E-state index is -0.234. The lowest BCUT2D eigenvalue weighted by Crippen LogP contribution is -2.41. The monoisotopic (exact) mass is 522 g/mol.